The number of hydrogen-bond acceptors (Lipinski definition) is 4. The lowest BCUT2D eigenvalue weighted by Gasteiger charge is -2.14. The van der Waals surface area contributed by atoms with E-state index in [2.05, 4.69) is 0 Å². The number of sulfone groups is 1. The molecule has 24 heavy (non-hydrogen) atoms. The van der Waals surface area contributed by atoms with Crippen LogP contribution < -0.4 is 4.74 Å². The maximum absolute atomic E-state index is 12.5. The number of rotatable bonds is 5. The topological polar surface area (TPSA) is 60.4 Å². The zero-order valence-electron chi connectivity index (χ0n) is 14.6. The number of benzene rings is 2. The number of carbonyl (C=O) groups is 1. The van der Waals surface area contributed by atoms with Gasteiger partial charge in [-0.05, 0) is 80.3 Å². The molecule has 0 bridgehead atoms. The van der Waals surface area contributed by atoms with Gasteiger partial charge < -0.3 is 4.74 Å². The number of hydrogen-bond donors (Lipinski definition) is 0. The molecule has 0 aliphatic carbocycles. The van der Waals surface area contributed by atoms with Crippen molar-refractivity contribution >= 4 is 15.6 Å². The van der Waals surface area contributed by atoms with Crippen LogP contribution >= 0.6 is 0 Å². The zero-order valence-corrected chi connectivity index (χ0v) is 15.5. The highest BCUT2D eigenvalue weighted by Crippen LogP contribution is 2.22. The largest absolute Gasteiger partial charge is 0.485 e. The van der Waals surface area contributed by atoms with E-state index in [1.54, 1.807) is 12.1 Å². The van der Waals surface area contributed by atoms with Crippen LogP contribution in [0.3, 0.4) is 0 Å². The molecular formula is C19H22O4S. The number of ketones is 1. The lowest BCUT2D eigenvalue weighted by Crippen LogP contribution is -2.14. The first-order chi connectivity index (χ1) is 11.1. The molecule has 0 aliphatic heterocycles. The number of aryl methyl sites for hydroxylation is 1. The molecule has 2 aromatic carbocycles. The summed E-state index contributed by atoms with van der Waals surface area (Å²) in [5, 5.41) is 0. The first-order valence-electron chi connectivity index (χ1n) is 7.64. The third-order valence-electron chi connectivity index (χ3n) is 4.40. The Morgan fingerprint density at radius 2 is 1.54 bits per heavy atom. The molecule has 0 saturated heterocycles. The summed E-state index contributed by atoms with van der Waals surface area (Å²) in [5.74, 6) is 0.375. The molecule has 0 spiro atoms. The molecule has 0 heterocycles. The van der Waals surface area contributed by atoms with Crippen molar-refractivity contribution in [3.63, 3.8) is 0 Å². The third-order valence-corrected chi connectivity index (χ3v) is 5.53. The predicted octanol–water partition coefficient (Wildman–Crippen LogP) is 3.59. The zero-order chi connectivity index (χ0) is 18.1. The smallest absolute Gasteiger partial charge is 0.200 e. The van der Waals surface area contributed by atoms with Crippen LogP contribution in [-0.2, 0) is 9.84 Å². The van der Waals surface area contributed by atoms with E-state index >= 15 is 0 Å². The van der Waals surface area contributed by atoms with E-state index in [0.29, 0.717) is 11.3 Å². The Morgan fingerprint density at radius 3 is 2.08 bits per heavy atom. The van der Waals surface area contributed by atoms with Gasteiger partial charge in [0.15, 0.2) is 22.2 Å². The third kappa shape index (κ3) is 3.85. The Hall–Kier alpha value is -2.14. The van der Waals surface area contributed by atoms with Gasteiger partial charge in [-0.1, -0.05) is 0 Å². The van der Waals surface area contributed by atoms with Crippen molar-refractivity contribution in [2.45, 2.75) is 32.6 Å². The van der Waals surface area contributed by atoms with Gasteiger partial charge in [0.1, 0.15) is 5.75 Å². The number of carbonyl (C=O) groups excluding carboxylic acids is 1. The maximum atomic E-state index is 12.5. The van der Waals surface area contributed by atoms with Gasteiger partial charge in [0.25, 0.3) is 0 Å². The monoisotopic (exact) mass is 346 g/mol. The van der Waals surface area contributed by atoms with E-state index in [4.69, 9.17) is 4.74 Å². The first-order valence-corrected chi connectivity index (χ1v) is 9.54. The number of Topliss-reactive ketones (excluding diaryl/α,β-unsaturated/α-hetero) is 1. The highest BCUT2D eigenvalue weighted by atomic mass is 32.2. The van der Waals surface area contributed by atoms with Crippen LogP contribution in [0.2, 0.25) is 0 Å². The Bertz CT molecular complexity index is 879. The van der Waals surface area contributed by atoms with E-state index in [-0.39, 0.29) is 17.3 Å². The van der Waals surface area contributed by atoms with Crippen LogP contribution in [0.4, 0.5) is 0 Å². The lowest BCUT2D eigenvalue weighted by atomic mass is 9.93. The normalized spacial score (nSPS) is 11.4. The van der Waals surface area contributed by atoms with Gasteiger partial charge in [-0.25, -0.2) is 8.42 Å². The van der Waals surface area contributed by atoms with Crippen molar-refractivity contribution in [2.75, 3.05) is 12.9 Å². The molecule has 0 aromatic heterocycles. The van der Waals surface area contributed by atoms with E-state index in [1.165, 1.54) is 17.7 Å². The minimum Gasteiger partial charge on any atom is -0.485 e. The molecule has 5 heteroatoms. The summed E-state index contributed by atoms with van der Waals surface area (Å²) < 4.78 is 28.4. The fraction of sp³-hybridized carbons (Fsp3) is 0.316. The van der Waals surface area contributed by atoms with Crippen LogP contribution in [0.25, 0.3) is 0 Å². The molecule has 0 N–H and O–H groups in total. The van der Waals surface area contributed by atoms with Crippen LogP contribution in [0, 0.1) is 27.7 Å². The van der Waals surface area contributed by atoms with Gasteiger partial charge in [-0.3, -0.25) is 4.79 Å². The van der Waals surface area contributed by atoms with Crippen LogP contribution in [0.15, 0.2) is 35.2 Å². The molecular weight excluding hydrogens is 324 g/mol. The van der Waals surface area contributed by atoms with Crippen LogP contribution in [0.5, 0.6) is 5.75 Å². The van der Waals surface area contributed by atoms with Gasteiger partial charge in [-0.2, -0.15) is 0 Å². The molecule has 4 nitrogen and oxygen atoms in total. The summed E-state index contributed by atoms with van der Waals surface area (Å²) in [7, 11) is -3.24. The Morgan fingerprint density at radius 1 is 0.958 bits per heavy atom. The molecule has 0 saturated carbocycles. The Labute approximate surface area is 143 Å². The van der Waals surface area contributed by atoms with E-state index < -0.39 is 9.84 Å². The summed E-state index contributed by atoms with van der Waals surface area (Å²) in [6.07, 6.45) is 1.15. The van der Waals surface area contributed by atoms with Crippen molar-refractivity contribution in [3.05, 3.63) is 58.1 Å². The predicted molar refractivity (Wildman–Crippen MR) is 94.8 cm³/mol. The maximum Gasteiger partial charge on any atom is 0.200 e. The molecule has 0 amide bonds. The van der Waals surface area contributed by atoms with Gasteiger partial charge in [0.05, 0.1) is 4.90 Å². The summed E-state index contributed by atoms with van der Waals surface area (Å²) in [5.41, 5.74) is 5.04. The van der Waals surface area contributed by atoms with Crippen molar-refractivity contribution in [2.24, 2.45) is 0 Å². The molecule has 0 radical (unpaired) electrons. The number of ether oxygens (including phenoxy) is 1. The summed E-state index contributed by atoms with van der Waals surface area (Å²) in [4.78, 5) is 12.7. The van der Waals surface area contributed by atoms with Gasteiger partial charge in [0, 0.05) is 11.8 Å². The van der Waals surface area contributed by atoms with Gasteiger partial charge >= 0.3 is 0 Å². The van der Waals surface area contributed by atoms with Gasteiger partial charge in [0.2, 0.25) is 0 Å². The molecule has 0 unspecified atom stereocenters. The van der Waals surface area contributed by atoms with Crippen molar-refractivity contribution in [1.29, 1.82) is 0 Å². The van der Waals surface area contributed by atoms with Crippen LogP contribution in [0.1, 0.15) is 32.6 Å². The van der Waals surface area contributed by atoms with Crippen molar-refractivity contribution in [1.82, 2.24) is 0 Å². The quantitative estimate of drug-likeness (QED) is 0.776. The second kappa shape index (κ2) is 6.77. The standard InChI is InChI=1S/C19H22O4S/c1-12-10-18(15(4)14(3)13(12)2)19(20)11-23-16-6-8-17(9-7-16)24(5,21)22/h6-10H,11H2,1-5H3. The first kappa shape index (κ1) is 18.2. The molecule has 2 rings (SSSR count). The van der Waals surface area contributed by atoms with Gasteiger partial charge in [-0.15, -0.1) is 0 Å². The molecule has 128 valence electrons. The highest BCUT2D eigenvalue weighted by Gasteiger charge is 2.15. The SMILES string of the molecule is Cc1cc(C(=O)COc2ccc(S(C)(=O)=O)cc2)c(C)c(C)c1C. The Kier molecular flexibility index (Phi) is 5.13. The van der Waals surface area contributed by atoms with Crippen molar-refractivity contribution < 1.29 is 17.9 Å². The fourth-order valence-electron chi connectivity index (χ4n) is 2.51. The van der Waals surface area contributed by atoms with E-state index in [1.807, 2.05) is 33.8 Å². The summed E-state index contributed by atoms with van der Waals surface area (Å²) in [6.45, 7) is 7.91. The molecule has 0 fully saturated rings. The minimum atomic E-state index is -3.24. The van der Waals surface area contributed by atoms with Crippen LogP contribution in [-0.4, -0.2) is 27.1 Å². The summed E-state index contributed by atoms with van der Waals surface area (Å²) in [6, 6.07) is 7.96. The van der Waals surface area contributed by atoms with Crippen molar-refractivity contribution in [3.8, 4) is 5.75 Å². The second-order valence-corrected chi connectivity index (χ2v) is 8.09. The van der Waals surface area contributed by atoms with E-state index in [9.17, 15) is 13.2 Å². The minimum absolute atomic E-state index is 0.0823. The average molecular weight is 346 g/mol. The Balaban J connectivity index is 2.14. The second-order valence-electron chi connectivity index (χ2n) is 6.07. The average Bonchev–Trinajstić information content (AvgIpc) is 2.53. The molecule has 0 atom stereocenters. The summed E-state index contributed by atoms with van der Waals surface area (Å²) >= 11 is 0. The molecule has 0 aliphatic rings. The lowest BCUT2D eigenvalue weighted by molar-refractivity contribution is 0.0920. The molecule has 2 aromatic rings. The fourth-order valence-corrected chi connectivity index (χ4v) is 3.14. The van der Waals surface area contributed by atoms with E-state index in [0.717, 1.165) is 22.9 Å². The highest BCUT2D eigenvalue weighted by molar-refractivity contribution is 7.90.